The van der Waals surface area contributed by atoms with Crippen LogP contribution in [-0.2, 0) is 0 Å². The lowest BCUT2D eigenvalue weighted by Crippen LogP contribution is -2.32. The maximum Gasteiger partial charge on any atom is 0.0716 e. The summed E-state index contributed by atoms with van der Waals surface area (Å²) in [5.74, 6) is 2.36. The predicted octanol–water partition coefficient (Wildman–Crippen LogP) is 4.20. The summed E-state index contributed by atoms with van der Waals surface area (Å²) in [7, 11) is 0. The first kappa shape index (κ1) is 12.6. The Kier molecular flexibility index (Phi) is 3.68. The van der Waals surface area contributed by atoms with Crippen LogP contribution in [0.3, 0.4) is 0 Å². The van der Waals surface area contributed by atoms with E-state index in [2.05, 4.69) is 25.8 Å². The first-order valence-electron chi connectivity index (χ1n) is 5.82. The first-order chi connectivity index (χ1) is 8.75. The molecule has 0 radical (unpaired) electrons. The van der Waals surface area contributed by atoms with Gasteiger partial charge >= 0.3 is 0 Å². The van der Waals surface area contributed by atoms with Crippen LogP contribution in [0.1, 0.15) is 0 Å². The molecule has 2 nitrogen and oxygen atoms in total. The Morgan fingerprint density at radius 3 is 2.83 bits per heavy atom. The molecule has 1 aliphatic rings. The van der Waals surface area contributed by atoms with Crippen molar-refractivity contribution >= 4 is 55.9 Å². The number of nitrogens with zero attached hydrogens (tertiary/aromatic N) is 2. The predicted molar refractivity (Wildman–Crippen MR) is 84.0 cm³/mol. The molecule has 18 heavy (non-hydrogen) atoms. The van der Waals surface area contributed by atoms with Crippen LogP contribution in [0.2, 0.25) is 5.02 Å². The van der Waals surface area contributed by atoms with Gasteiger partial charge in [0.25, 0.3) is 0 Å². The number of benzene rings is 1. The number of rotatable bonds is 1. The number of thioether (sulfide) groups is 1. The van der Waals surface area contributed by atoms with E-state index >= 15 is 0 Å². The van der Waals surface area contributed by atoms with Gasteiger partial charge in [-0.25, -0.2) is 0 Å². The second kappa shape index (κ2) is 5.27. The van der Waals surface area contributed by atoms with Crippen LogP contribution in [0.4, 0.5) is 5.69 Å². The number of hydrogen-bond acceptors (Lipinski definition) is 3. The summed E-state index contributed by atoms with van der Waals surface area (Å²) in [5.41, 5.74) is 2.14. The Morgan fingerprint density at radius 2 is 2.06 bits per heavy atom. The lowest BCUT2D eigenvalue weighted by molar-refractivity contribution is 0.854. The Bertz CT molecular complexity index is 584. The normalized spacial score (nSPS) is 16.2. The van der Waals surface area contributed by atoms with Crippen LogP contribution in [0, 0.1) is 0 Å². The van der Waals surface area contributed by atoms with Crippen LogP contribution >= 0.6 is 39.3 Å². The molecule has 94 valence electrons. The minimum absolute atomic E-state index is 0.747. The number of aromatic nitrogens is 1. The molecule has 0 N–H and O–H groups in total. The Balaban J connectivity index is 2.09. The van der Waals surface area contributed by atoms with E-state index < -0.39 is 0 Å². The summed E-state index contributed by atoms with van der Waals surface area (Å²) in [6, 6.07) is 5.80. The van der Waals surface area contributed by atoms with E-state index in [1.807, 2.05) is 36.2 Å². The van der Waals surface area contributed by atoms with Crippen molar-refractivity contribution in [3.05, 3.63) is 33.9 Å². The molecule has 0 aliphatic carbocycles. The highest BCUT2D eigenvalue weighted by Crippen LogP contribution is 2.34. The summed E-state index contributed by atoms with van der Waals surface area (Å²) in [4.78, 5) is 6.90. The molecular formula is C13H12BrClN2S. The van der Waals surface area contributed by atoms with Crippen LogP contribution < -0.4 is 4.90 Å². The van der Waals surface area contributed by atoms with Gasteiger partial charge in [-0.3, -0.25) is 4.98 Å². The summed E-state index contributed by atoms with van der Waals surface area (Å²) >= 11 is 11.8. The van der Waals surface area contributed by atoms with E-state index in [1.54, 1.807) is 0 Å². The third-order valence-electron chi connectivity index (χ3n) is 3.10. The van der Waals surface area contributed by atoms with Gasteiger partial charge in [0, 0.05) is 35.0 Å². The zero-order valence-corrected chi connectivity index (χ0v) is 12.9. The highest BCUT2D eigenvalue weighted by molar-refractivity contribution is 9.10. The number of halogens is 2. The third-order valence-corrected chi connectivity index (χ3v) is 5.11. The molecular weight excluding hydrogens is 332 g/mol. The van der Waals surface area contributed by atoms with Gasteiger partial charge in [0.05, 0.1) is 21.9 Å². The maximum absolute atomic E-state index is 6.06. The van der Waals surface area contributed by atoms with Crippen molar-refractivity contribution < 1.29 is 0 Å². The van der Waals surface area contributed by atoms with Gasteiger partial charge in [0.1, 0.15) is 0 Å². The van der Waals surface area contributed by atoms with Crippen molar-refractivity contribution in [1.82, 2.24) is 4.98 Å². The zero-order chi connectivity index (χ0) is 12.5. The molecule has 1 aromatic heterocycles. The molecule has 1 fully saturated rings. The van der Waals surface area contributed by atoms with Gasteiger partial charge < -0.3 is 4.90 Å². The fourth-order valence-electron chi connectivity index (χ4n) is 2.15. The molecule has 3 rings (SSSR count). The Hall–Kier alpha value is -0.450. The van der Waals surface area contributed by atoms with E-state index in [-0.39, 0.29) is 0 Å². The molecule has 2 aromatic rings. The first-order valence-corrected chi connectivity index (χ1v) is 8.15. The van der Waals surface area contributed by atoms with Gasteiger partial charge in [-0.1, -0.05) is 11.6 Å². The second-order valence-electron chi connectivity index (χ2n) is 4.22. The average Bonchev–Trinajstić information content (AvgIpc) is 2.41. The van der Waals surface area contributed by atoms with Crippen LogP contribution in [-0.4, -0.2) is 29.6 Å². The molecule has 1 aliphatic heterocycles. The Labute approximate surface area is 124 Å². The molecule has 0 saturated carbocycles. The molecule has 1 aromatic carbocycles. The van der Waals surface area contributed by atoms with Gasteiger partial charge in [-0.2, -0.15) is 11.8 Å². The lowest BCUT2D eigenvalue weighted by Gasteiger charge is -2.29. The fraction of sp³-hybridized carbons (Fsp3) is 0.308. The fourth-order valence-corrected chi connectivity index (χ4v) is 3.89. The average molecular weight is 344 g/mol. The smallest absolute Gasteiger partial charge is 0.0716 e. The largest absolute Gasteiger partial charge is 0.368 e. The zero-order valence-electron chi connectivity index (χ0n) is 9.70. The molecule has 5 heteroatoms. The lowest BCUT2D eigenvalue weighted by atomic mass is 10.2. The minimum Gasteiger partial charge on any atom is -0.368 e. The van der Waals surface area contributed by atoms with Crippen molar-refractivity contribution in [2.24, 2.45) is 0 Å². The number of anilines is 1. The van der Waals surface area contributed by atoms with Crippen LogP contribution in [0.25, 0.3) is 10.9 Å². The van der Waals surface area contributed by atoms with Crippen molar-refractivity contribution in [2.45, 2.75) is 0 Å². The standard InChI is InChI=1S/C13H12BrClN2S/c14-13-10-7-9(15)1-2-11(10)16-8-12(13)17-3-5-18-6-4-17/h1-2,7-8H,3-6H2. The summed E-state index contributed by atoms with van der Waals surface area (Å²) < 4.78 is 1.10. The van der Waals surface area contributed by atoms with Gasteiger partial charge in [-0.15, -0.1) is 0 Å². The van der Waals surface area contributed by atoms with Crippen molar-refractivity contribution in [3.63, 3.8) is 0 Å². The van der Waals surface area contributed by atoms with E-state index in [0.717, 1.165) is 33.5 Å². The number of fused-ring (bicyclic) bond motifs is 1. The SMILES string of the molecule is Clc1ccc2ncc(N3CCSCC3)c(Br)c2c1. The number of pyridine rings is 1. The molecule has 0 spiro atoms. The van der Waals surface area contributed by atoms with Gasteiger partial charge in [0.2, 0.25) is 0 Å². The van der Waals surface area contributed by atoms with E-state index in [0.29, 0.717) is 0 Å². The topological polar surface area (TPSA) is 16.1 Å². The van der Waals surface area contributed by atoms with Crippen molar-refractivity contribution in [1.29, 1.82) is 0 Å². The Morgan fingerprint density at radius 1 is 1.28 bits per heavy atom. The van der Waals surface area contributed by atoms with Gasteiger partial charge in [0.15, 0.2) is 0 Å². The molecule has 0 bridgehead atoms. The summed E-state index contributed by atoms with van der Waals surface area (Å²) in [6.45, 7) is 2.16. The maximum atomic E-state index is 6.06. The molecule has 0 amide bonds. The van der Waals surface area contributed by atoms with Crippen molar-refractivity contribution in [2.75, 3.05) is 29.5 Å². The van der Waals surface area contributed by atoms with Crippen molar-refractivity contribution in [3.8, 4) is 0 Å². The molecule has 0 unspecified atom stereocenters. The summed E-state index contributed by atoms with van der Waals surface area (Å²) in [5, 5.41) is 1.83. The van der Waals surface area contributed by atoms with Gasteiger partial charge in [-0.05, 0) is 34.1 Å². The van der Waals surface area contributed by atoms with E-state index in [9.17, 15) is 0 Å². The second-order valence-corrected chi connectivity index (χ2v) is 6.67. The van der Waals surface area contributed by atoms with E-state index in [1.165, 1.54) is 17.2 Å². The highest BCUT2D eigenvalue weighted by Gasteiger charge is 2.16. The summed E-state index contributed by atoms with van der Waals surface area (Å²) in [6.07, 6.45) is 1.95. The van der Waals surface area contributed by atoms with Crippen LogP contribution in [0.15, 0.2) is 28.9 Å². The van der Waals surface area contributed by atoms with E-state index in [4.69, 9.17) is 11.6 Å². The molecule has 2 heterocycles. The quantitative estimate of drug-likeness (QED) is 0.772. The van der Waals surface area contributed by atoms with Crippen LogP contribution in [0.5, 0.6) is 0 Å². The minimum atomic E-state index is 0.747. The highest BCUT2D eigenvalue weighted by atomic mass is 79.9. The number of hydrogen-bond donors (Lipinski definition) is 0. The third kappa shape index (κ3) is 2.33. The molecule has 1 saturated heterocycles. The molecule has 0 atom stereocenters. The monoisotopic (exact) mass is 342 g/mol.